The van der Waals surface area contributed by atoms with Crippen molar-refractivity contribution in [2.24, 2.45) is 5.92 Å². The Bertz CT molecular complexity index is 303. The van der Waals surface area contributed by atoms with Crippen molar-refractivity contribution in [3.05, 3.63) is 3.92 Å². The summed E-state index contributed by atoms with van der Waals surface area (Å²) in [5.41, 5.74) is 0. The lowest BCUT2D eigenvalue weighted by atomic mass is 9.91. The van der Waals surface area contributed by atoms with E-state index in [0.29, 0.717) is 0 Å². The molecule has 0 aromatic carbocycles. The molecule has 5 heteroatoms. The lowest BCUT2D eigenvalue weighted by Gasteiger charge is -2.24. The summed E-state index contributed by atoms with van der Waals surface area (Å²) in [7, 11) is 0. The second-order valence-corrected chi connectivity index (χ2v) is 7.63. The molecule has 1 saturated carbocycles. The van der Waals surface area contributed by atoms with E-state index in [0.717, 1.165) is 19.4 Å². The Morgan fingerprint density at radius 1 is 1.43 bits per heavy atom. The summed E-state index contributed by atoms with van der Waals surface area (Å²) in [4.78, 5) is 0. The van der Waals surface area contributed by atoms with E-state index in [9.17, 15) is 0 Å². The van der Waals surface area contributed by atoms with Crippen LogP contribution in [-0.4, -0.2) is 15.4 Å². The van der Waals surface area contributed by atoms with Gasteiger partial charge >= 0.3 is 0 Å². The number of aromatic nitrogens is 2. The van der Waals surface area contributed by atoms with Gasteiger partial charge in [-0.05, 0) is 34.7 Å². The molecule has 1 aromatic rings. The highest BCUT2D eigenvalue weighted by atomic mass is 79.9. The zero-order valence-corrected chi connectivity index (χ0v) is 11.3. The maximum absolute atomic E-state index is 4.12. The number of rotatable bonds is 2. The molecule has 1 aromatic heterocycles. The van der Waals surface area contributed by atoms with Crippen LogP contribution in [0, 0.1) is 5.92 Å². The molecule has 78 valence electrons. The number of nitrogens with zero attached hydrogens (tertiary/aromatic N) is 2. The lowest BCUT2D eigenvalue weighted by Crippen LogP contribution is -2.14. The third kappa shape index (κ3) is 2.94. The van der Waals surface area contributed by atoms with Crippen LogP contribution in [0.4, 0.5) is 0 Å². The van der Waals surface area contributed by atoms with Gasteiger partial charge in [0.1, 0.15) is 0 Å². The average molecular weight is 293 g/mol. The largest absolute Gasteiger partial charge is 0.184 e. The summed E-state index contributed by atoms with van der Waals surface area (Å²) in [5, 5.41) is 8.85. The van der Waals surface area contributed by atoms with E-state index < -0.39 is 0 Å². The predicted molar refractivity (Wildman–Crippen MR) is 64.9 cm³/mol. The second kappa shape index (κ2) is 4.94. The van der Waals surface area contributed by atoms with Crippen LogP contribution in [0.25, 0.3) is 0 Å². The van der Waals surface area contributed by atoms with Crippen molar-refractivity contribution in [2.75, 3.05) is 0 Å². The third-order valence-corrected chi connectivity index (χ3v) is 5.27. The highest BCUT2D eigenvalue weighted by Crippen LogP contribution is 2.37. The van der Waals surface area contributed by atoms with Crippen molar-refractivity contribution < 1.29 is 0 Å². The minimum atomic E-state index is 0.763. The molecule has 0 saturated heterocycles. The molecule has 0 amide bonds. The Morgan fingerprint density at radius 2 is 2.29 bits per heavy atom. The van der Waals surface area contributed by atoms with Crippen LogP contribution in [-0.2, 0) is 0 Å². The summed E-state index contributed by atoms with van der Waals surface area (Å²) < 4.78 is 2.00. The third-order valence-electron chi connectivity index (χ3n) is 2.54. The van der Waals surface area contributed by atoms with E-state index in [1.54, 1.807) is 11.3 Å². The Kier molecular flexibility index (Phi) is 3.85. The molecule has 2 rings (SSSR count). The maximum atomic E-state index is 4.12. The summed E-state index contributed by atoms with van der Waals surface area (Å²) in [5.74, 6) is 0.887. The first-order valence-electron chi connectivity index (χ1n) is 4.89. The van der Waals surface area contributed by atoms with Crippen molar-refractivity contribution in [3.63, 3.8) is 0 Å². The van der Waals surface area contributed by atoms with Gasteiger partial charge in [0.25, 0.3) is 0 Å². The molecule has 1 aliphatic rings. The van der Waals surface area contributed by atoms with Crippen LogP contribution in [0.3, 0.4) is 0 Å². The van der Waals surface area contributed by atoms with Gasteiger partial charge in [-0.25, -0.2) is 0 Å². The van der Waals surface area contributed by atoms with Crippen molar-refractivity contribution >= 4 is 39.0 Å². The van der Waals surface area contributed by atoms with E-state index in [1.165, 1.54) is 25.7 Å². The summed E-state index contributed by atoms with van der Waals surface area (Å²) in [6.07, 6.45) is 5.45. The first-order valence-corrected chi connectivity index (χ1v) is 7.38. The SMILES string of the molecule is CC1CCCC(Sc2nnc(Br)s2)C1. The second-order valence-electron chi connectivity index (χ2n) is 3.83. The zero-order chi connectivity index (χ0) is 9.97. The highest BCUT2D eigenvalue weighted by molar-refractivity contribution is 9.11. The van der Waals surface area contributed by atoms with E-state index in [-0.39, 0.29) is 0 Å². The maximum Gasteiger partial charge on any atom is 0.184 e. The molecule has 1 heterocycles. The zero-order valence-electron chi connectivity index (χ0n) is 8.07. The molecule has 0 radical (unpaired) electrons. The van der Waals surface area contributed by atoms with Crippen LogP contribution in [0.2, 0.25) is 0 Å². The highest BCUT2D eigenvalue weighted by Gasteiger charge is 2.20. The van der Waals surface area contributed by atoms with E-state index in [1.807, 2.05) is 11.8 Å². The molecular weight excluding hydrogens is 280 g/mol. The van der Waals surface area contributed by atoms with Gasteiger partial charge in [0.05, 0.1) is 0 Å². The lowest BCUT2D eigenvalue weighted by molar-refractivity contribution is 0.394. The smallest absolute Gasteiger partial charge is 0.131 e. The number of hydrogen-bond acceptors (Lipinski definition) is 4. The van der Waals surface area contributed by atoms with Crippen molar-refractivity contribution in [1.82, 2.24) is 10.2 Å². The van der Waals surface area contributed by atoms with Gasteiger partial charge in [-0.3, -0.25) is 0 Å². The molecule has 0 spiro atoms. The van der Waals surface area contributed by atoms with E-state index >= 15 is 0 Å². The predicted octanol–water partition coefficient (Wildman–Crippen LogP) is 3.97. The fourth-order valence-corrected chi connectivity index (χ4v) is 4.96. The summed E-state index contributed by atoms with van der Waals surface area (Å²) in [6.45, 7) is 2.35. The normalized spacial score (nSPS) is 27.9. The van der Waals surface area contributed by atoms with Gasteiger partial charge in [0.15, 0.2) is 8.26 Å². The fourth-order valence-electron chi connectivity index (χ4n) is 1.87. The van der Waals surface area contributed by atoms with Crippen molar-refractivity contribution in [3.8, 4) is 0 Å². The number of hydrogen-bond donors (Lipinski definition) is 0. The van der Waals surface area contributed by atoms with Crippen LogP contribution < -0.4 is 0 Å². The van der Waals surface area contributed by atoms with Gasteiger partial charge in [-0.2, -0.15) is 0 Å². The Hall–Kier alpha value is 0.390. The van der Waals surface area contributed by atoms with Crippen LogP contribution >= 0.6 is 39.0 Å². The summed E-state index contributed by atoms with van der Waals surface area (Å²) in [6, 6.07) is 0. The van der Waals surface area contributed by atoms with Crippen LogP contribution in [0.15, 0.2) is 8.26 Å². The molecule has 14 heavy (non-hydrogen) atoms. The van der Waals surface area contributed by atoms with Gasteiger partial charge in [0.2, 0.25) is 0 Å². The van der Waals surface area contributed by atoms with Gasteiger partial charge in [0, 0.05) is 5.25 Å². The molecule has 1 fully saturated rings. The van der Waals surface area contributed by atoms with Crippen molar-refractivity contribution in [2.45, 2.75) is 42.2 Å². The molecule has 1 aliphatic carbocycles. The quantitative estimate of drug-likeness (QED) is 0.825. The van der Waals surface area contributed by atoms with Crippen LogP contribution in [0.5, 0.6) is 0 Å². The fraction of sp³-hybridized carbons (Fsp3) is 0.778. The molecule has 0 aliphatic heterocycles. The Morgan fingerprint density at radius 3 is 2.93 bits per heavy atom. The standard InChI is InChI=1S/C9H13BrN2S2/c1-6-3-2-4-7(5-6)13-9-12-11-8(10)14-9/h6-7H,2-5H2,1H3. The number of thioether (sulfide) groups is 1. The first-order chi connectivity index (χ1) is 6.74. The molecule has 2 nitrogen and oxygen atoms in total. The molecule has 0 N–H and O–H groups in total. The van der Waals surface area contributed by atoms with Gasteiger partial charge < -0.3 is 0 Å². The van der Waals surface area contributed by atoms with E-state index in [4.69, 9.17) is 0 Å². The number of halogens is 1. The van der Waals surface area contributed by atoms with E-state index in [2.05, 4.69) is 33.1 Å². The monoisotopic (exact) mass is 292 g/mol. The molecule has 0 bridgehead atoms. The summed E-state index contributed by atoms with van der Waals surface area (Å²) >= 11 is 6.88. The van der Waals surface area contributed by atoms with Crippen LogP contribution in [0.1, 0.15) is 32.6 Å². The van der Waals surface area contributed by atoms with Crippen molar-refractivity contribution in [1.29, 1.82) is 0 Å². The minimum Gasteiger partial charge on any atom is -0.131 e. The molecular formula is C9H13BrN2S2. The Labute approximate surface area is 101 Å². The van der Waals surface area contributed by atoms with Gasteiger partial charge in [-0.15, -0.1) is 10.2 Å². The first kappa shape index (κ1) is 10.9. The topological polar surface area (TPSA) is 25.8 Å². The average Bonchev–Trinajstić information content (AvgIpc) is 2.51. The molecule has 2 unspecified atom stereocenters. The van der Waals surface area contributed by atoms with Gasteiger partial charge in [-0.1, -0.05) is 42.9 Å². The molecule has 2 atom stereocenters. The minimum absolute atomic E-state index is 0.763. The Balaban J connectivity index is 1.90.